The molecule has 0 aliphatic rings. The number of aromatic nitrogens is 1. The molecule has 1 heterocycles. The number of amides is 1. The number of fused-ring (bicyclic) bond motifs is 2. The lowest BCUT2D eigenvalue weighted by atomic mass is 10.0. The van der Waals surface area contributed by atoms with Gasteiger partial charge in [-0.25, -0.2) is 4.98 Å². The molecule has 0 saturated heterocycles. The number of oxazole rings is 1. The molecule has 4 aromatic carbocycles. The molecule has 5 rings (SSSR count). The van der Waals surface area contributed by atoms with Crippen molar-refractivity contribution in [1.82, 2.24) is 10.3 Å². The first-order valence-electron chi connectivity index (χ1n) is 10.8. The van der Waals surface area contributed by atoms with Crippen LogP contribution < -0.4 is 10.6 Å². The molecule has 36 heavy (non-hydrogen) atoms. The SMILES string of the molecule is Cc1c(C(=O)NC(=S)Nc2ccc3oc(-c4cccc5c(Br)cccc45)nc3c2)cccc1[N+](=O)[O-]. The fourth-order valence-electron chi connectivity index (χ4n) is 3.98. The normalized spacial score (nSPS) is 10.9. The van der Waals surface area contributed by atoms with Crippen molar-refractivity contribution in [3.05, 3.63) is 98.5 Å². The third-order valence-corrected chi connectivity index (χ3v) is 6.61. The van der Waals surface area contributed by atoms with Crippen LogP contribution in [0.2, 0.25) is 0 Å². The van der Waals surface area contributed by atoms with Gasteiger partial charge in [-0.05, 0) is 66.3 Å². The van der Waals surface area contributed by atoms with Crippen LogP contribution in [0.1, 0.15) is 15.9 Å². The van der Waals surface area contributed by atoms with Gasteiger partial charge in [-0.2, -0.15) is 0 Å². The monoisotopic (exact) mass is 560 g/mol. The highest BCUT2D eigenvalue weighted by molar-refractivity contribution is 9.10. The fraction of sp³-hybridized carbons (Fsp3) is 0.0385. The van der Waals surface area contributed by atoms with Gasteiger partial charge < -0.3 is 9.73 Å². The van der Waals surface area contributed by atoms with Crippen molar-refractivity contribution in [2.75, 3.05) is 5.32 Å². The van der Waals surface area contributed by atoms with Crippen LogP contribution in [-0.4, -0.2) is 20.9 Å². The van der Waals surface area contributed by atoms with Crippen LogP contribution in [0.15, 0.2) is 81.7 Å². The number of anilines is 1. The molecule has 0 unspecified atom stereocenters. The molecule has 10 heteroatoms. The Morgan fingerprint density at radius 1 is 1.06 bits per heavy atom. The number of benzene rings is 4. The van der Waals surface area contributed by atoms with E-state index in [4.69, 9.17) is 16.6 Å². The quantitative estimate of drug-likeness (QED) is 0.142. The number of nitro groups is 1. The summed E-state index contributed by atoms with van der Waals surface area (Å²) in [5.41, 5.74) is 2.99. The third kappa shape index (κ3) is 4.43. The fourth-order valence-corrected chi connectivity index (χ4v) is 4.69. The van der Waals surface area contributed by atoms with E-state index in [0.29, 0.717) is 22.7 Å². The van der Waals surface area contributed by atoms with Gasteiger partial charge in [-0.1, -0.05) is 46.3 Å². The summed E-state index contributed by atoms with van der Waals surface area (Å²) in [5, 5.41) is 18.8. The highest BCUT2D eigenvalue weighted by Gasteiger charge is 2.19. The molecule has 1 aromatic heterocycles. The van der Waals surface area contributed by atoms with E-state index in [0.717, 1.165) is 20.8 Å². The third-order valence-electron chi connectivity index (χ3n) is 5.72. The zero-order valence-corrected chi connectivity index (χ0v) is 21.1. The second kappa shape index (κ2) is 9.48. The Morgan fingerprint density at radius 3 is 2.61 bits per heavy atom. The van der Waals surface area contributed by atoms with Crippen LogP contribution in [0.5, 0.6) is 0 Å². The van der Waals surface area contributed by atoms with E-state index in [1.165, 1.54) is 25.1 Å². The van der Waals surface area contributed by atoms with E-state index in [-0.39, 0.29) is 21.9 Å². The zero-order chi connectivity index (χ0) is 25.4. The number of nitro benzene ring substituents is 1. The number of nitrogens with zero attached hydrogens (tertiary/aromatic N) is 2. The Labute approximate surface area is 218 Å². The van der Waals surface area contributed by atoms with Crippen LogP contribution in [-0.2, 0) is 0 Å². The van der Waals surface area contributed by atoms with Gasteiger partial charge in [0.2, 0.25) is 5.89 Å². The largest absolute Gasteiger partial charge is 0.436 e. The first kappa shape index (κ1) is 23.6. The van der Waals surface area contributed by atoms with E-state index in [9.17, 15) is 14.9 Å². The molecule has 2 N–H and O–H groups in total. The summed E-state index contributed by atoms with van der Waals surface area (Å²) in [6.07, 6.45) is 0. The summed E-state index contributed by atoms with van der Waals surface area (Å²) in [5.74, 6) is -0.0523. The summed E-state index contributed by atoms with van der Waals surface area (Å²) in [7, 11) is 0. The Bertz CT molecular complexity index is 1700. The molecule has 8 nitrogen and oxygen atoms in total. The Morgan fingerprint density at radius 2 is 1.81 bits per heavy atom. The Kier molecular flexibility index (Phi) is 6.21. The van der Waals surface area contributed by atoms with Crippen LogP contribution in [0, 0.1) is 17.0 Å². The standard InChI is InChI=1S/C26H17BrN4O4S/c1-14-16(5-4-10-22(14)31(33)34)24(32)30-26(36)28-15-11-12-23-21(13-15)29-25(35-23)19-8-2-7-18-17(19)6-3-9-20(18)27/h2-13H,1H3,(H2,28,30,32,36). The lowest BCUT2D eigenvalue weighted by Crippen LogP contribution is -2.34. The molecule has 0 aliphatic heterocycles. The first-order valence-corrected chi connectivity index (χ1v) is 12.0. The maximum Gasteiger partial charge on any atom is 0.273 e. The lowest BCUT2D eigenvalue weighted by molar-refractivity contribution is -0.385. The summed E-state index contributed by atoms with van der Waals surface area (Å²) in [6.45, 7) is 1.52. The minimum Gasteiger partial charge on any atom is -0.436 e. The number of thiocarbonyl (C=S) groups is 1. The van der Waals surface area contributed by atoms with E-state index < -0.39 is 10.8 Å². The van der Waals surface area contributed by atoms with Gasteiger partial charge in [0, 0.05) is 32.9 Å². The zero-order valence-electron chi connectivity index (χ0n) is 18.7. The minimum atomic E-state index is -0.541. The molecule has 1 amide bonds. The van der Waals surface area contributed by atoms with Crippen LogP contribution >= 0.6 is 28.1 Å². The van der Waals surface area contributed by atoms with Gasteiger partial charge in [-0.3, -0.25) is 20.2 Å². The van der Waals surface area contributed by atoms with E-state index >= 15 is 0 Å². The van der Waals surface area contributed by atoms with Gasteiger partial charge >= 0.3 is 0 Å². The van der Waals surface area contributed by atoms with Gasteiger partial charge in [0.25, 0.3) is 11.6 Å². The van der Waals surface area contributed by atoms with Crippen molar-refractivity contribution in [2.45, 2.75) is 6.92 Å². The van der Waals surface area contributed by atoms with Gasteiger partial charge in [-0.15, -0.1) is 0 Å². The topological polar surface area (TPSA) is 110 Å². The van der Waals surface area contributed by atoms with Gasteiger partial charge in [0.05, 0.1) is 4.92 Å². The van der Waals surface area contributed by atoms with E-state index in [1.54, 1.807) is 18.2 Å². The molecule has 0 bridgehead atoms. The number of hydrogen-bond donors (Lipinski definition) is 2. The second-order valence-corrected chi connectivity index (χ2v) is 9.22. The van der Waals surface area contributed by atoms with Crippen molar-refractivity contribution < 1.29 is 14.1 Å². The predicted octanol–water partition coefficient (Wildman–Crippen LogP) is 6.75. The number of carbonyl (C=O) groups excluding carboxylic acids is 1. The Balaban J connectivity index is 1.37. The average molecular weight is 561 g/mol. The molecule has 5 aromatic rings. The van der Waals surface area contributed by atoms with E-state index in [1.807, 2.05) is 36.4 Å². The van der Waals surface area contributed by atoms with Crippen molar-refractivity contribution in [2.24, 2.45) is 0 Å². The molecule has 0 fully saturated rings. The highest BCUT2D eigenvalue weighted by Crippen LogP contribution is 2.34. The van der Waals surface area contributed by atoms with Crippen LogP contribution in [0.25, 0.3) is 33.3 Å². The lowest BCUT2D eigenvalue weighted by Gasteiger charge is -2.11. The molecule has 0 radical (unpaired) electrons. The number of halogens is 1. The number of carbonyl (C=O) groups is 1. The summed E-state index contributed by atoms with van der Waals surface area (Å²) in [4.78, 5) is 27.9. The Hall–Kier alpha value is -4.15. The summed E-state index contributed by atoms with van der Waals surface area (Å²) < 4.78 is 7.00. The molecule has 0 aliphatic carbocycles. The molecule has 0 saturated carbocycles. The first-order chi connectivity index (χ1) is 17.3. The smallest absolute Gasteiger partial charge is 0.273 e. The molecule has 0 spiro atoms. The molecule has 178 valence electrons. The summed E-state index contributed by atoms with van der Waals surface area (Å²) >= 11 is 8.87. The maximum atomic E-state index is 12.7. The van der Waals surface area contributed by atoms with Crippen molar-refractivity contribution >= 4 is 72.4 Å². The van der Waals surface area contributed by atoms with Crippen LogP contribution in [0.3, 0.4) is 0 Å². The number of hydrogen-bond acceptors (Lipinski definition) is 6. The van der Waals surface area contributed by atoms with Crippen LogP contribution in [0.4, 0.5) is 11.4 Å². The van der Waals surface area contributed by atoms with Gasteiger partial charge in [0.15, 0.2) is 10.7 Å². The van der Waals surface area contributed by atoms with E-state index in [2.05, 4.69) is 31.5 Å². The van der Waals surface area contributed by atoms with Crippen molar-refractivity contribution in [1.29, 1.82) is 0 Å². The van der Waals surface area contributed by atoms with Crippen molar-refractivity contribution in [3.8, 4) is 11.5 Å². The predicted molar refractivity (Wildman–Crippen MR) is 146 cm³/mol. The molecule has 0 atom stereocenters. The number of rotatable bonds is 4. The van der Waals surface area contributed by atoms with Crippen molar-refractivity contribution in [3.63, 3.8) is 0 Å². The average Bonchev–Trinajstić information content (AvgIpc) is 3.27. The van der Waals surface area contributed by atoms with Gasteiger partial charge in [0.1, 0.15) is 5.52 Å². The molecular formula is C26H17BrN4O4S. The number of nitrogens with one attached hydrogen (secondary N) is 2. The second-order valence-electron chi connectivity index (χ2n) is 7.96. The summed E-state index contributed by atoms with van der Waals surface area (Å²) in [6, 6.07) is 21.5. The highest BCUT2D eigenvalue weighted by atomic mass is 79.9. The maximum absolute atomic E-state index is 12.7. The minimum absolute atomic E-state index is 0.0490. The molecular weight excluding hydrogens is 544 g/mol.